The van der Waals surface area contributed by atoms with E-state index in [-0.39, 0.29) is 18.4 Å². The molecule has 0 aromatic rings. The van der Waals surface area contributed by atoms with Crippen molar-refractivity contribution in [2.24, 2.45) is 0 Å². The van der Waals surface area contributed by atoms with Gasteiger partial charge in [-0.2, -0.15) is 0 Å². The minimum absolute atomic E-state index is 0.0490. The van der Waals surface area contributed by atoms with Gasteiger partial charge in [0.2, 0.25) is 11.8 Å². The zero-order valence-electron chi connectivity index (χ0n) is 11.7. The summed E-state index contributed by atoms with van der Waals surface area (Å²) in [6.07, 6.45) is 2.25. The van der Waals surface area contributed by atoms with Crippen molar-refractivity contribution in [2.45, 2.75) is 47.0 Å². The van der Waals surface area contributed by atoms with Gasteiger partial charge < -0.3 is 9.80 Å². The van der Waals surface area contributed by atoms with Crippen molar-refractivity contribution in [3.63, 3.8) is 0 Å². The molecular weight excluding hydrogens is 216 g/mol. The predicted octanol–water partition coefficient (Wildman–Crippen LogP) is 1.89. The summed E-state index contributed by atoms with van der Waals surface area (Å²) in [7, 11) is 0. The minimum atomic E-state index is 0.0490. The highest BCUT2D eigenvalue weighted by atomic mass is 16.2. The first-order valence-corrected chi connectivity index (χ1v) is 6.66. The maximum atomic E-state index is 11.9. The summed E-state index contributed by atoms with van der Waals surface area (Å²) in [6.45, 7) is 10.2. The molecule has 0 fully saturated rings. The number of carbonyl (C=O) groups excluding carboxylic acids is 2. The molecule has 0 aromatic carbocycles. The average Bonchev–Trinajstić information content (AvgIpc) is 2.30. The standard InChI is InChI=1S/C13H26N2O2/c1-5-9-12(16)15(10-6-2)11-13(17)14(7-3)8-4/h5-11H2,1-4H3. The highest BCUT2D eigenvalue weighted by molar-refractivity contribution is 5.84. The lowest BCUT2D eigenvalue weighted by Gasteiger charge is -2.25. The van der Waals surface area contributed by atoms with Crippen molar-refractivity contribution in [3.05, 3.63) is 0 Å². The Morgan fingerprint density at radius 2 is 1.41 bits per heavy atom. The summed E-state index contributed by atoms with van der Waals surface area (Å²) in [4.78, 5) is 27.2. The molecule has 2 amide bonds. The van der Waals surface area contributed by atoms with Gasteiger partial charge in [0.25, 0.3) is 0 Å². The molecule has 17 heavy (non-hydrogen) atoms. The molecule has 4 heteroatoms. The van der Waals surface area contributed by atoms with Crippen LogP contribution in [0.25, 0.3) is 0 Å². The highest BCUT2D eigenvalue weighted by Gasteiger charge is 2.18. The molecule has 0 saturated carbocycles. The SMILES string of the molecule is CCCC(=O)N(CCC)CC(=O)N(CC)CC. The van der Waals surface area contributed by atoms with Crippen LogP contribution < -0.4 is 0 Å². The molecule has 0 atom stereocenters. The van der Waals surface area contributed by atoms with Crippen molar-refractivity contribution >= 4 is 11.8 Å². The molecule has 0 N–H and O–H groups in total. The van der Waals surface area contributed by atoms with Crippen LogP contribution >= 0.6 is 0 Å². The smallest absolute Gasteiger partial charge is 0.242 e. The zero-order valence-corrected chi connectivity index (χ0v) is 11.7. The Bertz CT molecular complexity index is 238. The van der Waals surface area contributed by atoms with E-state index in [4.69, 9.17) is 0 Å². The van der Waals surface area contributed by atoms with Gasteiger partial charge in [-0.3, -0.25) is 9.59 Å². The van der Waals surface area contributed by atoms with E-state index in [1.807, 2.05) is 27.7 Å². The molecule has 0 saturated heterocycles. The van der Waals surface area contributed by atoms with Gasteiger partial charge in [0, 0.05) is 26.1 Å². The predicted molar refractivity (Wildman–Crippen MR) is 69.7 cm³/mol. The topological polar surface area (TPSA) is 40.6 Å². The van der Waals surface area contributed by atoms with Gasteiger partial charge in [0.05, 0.1) is 6.54 Å². The number of rotatable bonds is 8. The average molecular weight is 242 g/mol. The van der Waals surface area contributed by atoms with Crippen molar-refractivity contribution < 1.29 is 9.59 Å². The normalized spacial score (nSPS) is 10.1. The van der Waals surface area contributed by atoms with Crippen LogP contribution in [0.3, 0.4) is 0 Å². The summed E-state index contributed by atoms with van der Waals surface area (Å²) in [5.41, 5.74) is 0. The minimum Gasteiger partial charge on any atom is -0.342 e. The van der Waals surface area contributed by atoms with Crippen LogP contribution in [0.4, 0.5) is 0 Å². The number of likely N-dealkylation sites (N-methyl/N-ethyl adjacent to an activating group) is 1. The first-order chi connectivity index (χ1) is 8.10. The van der Waals surface area contributed by atoms with Gasteiger partial charge >= 0.3 is 0 Å². The monoisotopic (exact) mass is 242 g/mol. The zero-order chi connectivity index (χ0) is 13.3. The maximum Gasteiger partial charge on any atom is 0.242 e. The lowest BCUT2D eigenvalue weighted by atomic mass is 10.2. The first-order valence-electron chi connectivity index (χ1n) is 6.66. The third-order valence-electron chi connectivity index (χ3n) is 2.75. The van der Waals surface area contributed by atoms with Crippen LogP contribution in [0.2, 0.25) is 0 Å². The fourth-order valence-electron chi connectivity index (χ4n) is 1.77. The Morgan fingerprint density at radius 1 is 0.824 bits per heavy atom. The molecule has 0 aliphatic heterocycles. The highest BCUT2D eigenvalue weighted by Crippen LogP contribution is 2.01. The molecular formula is C13H26N2O2. The molecule has 100 valence electrons. The third kappa shape index (κ3) is 5.71. The Kier molecular flexibility index (Phi) is 8.46. The second-order valence-corrected chi connectivity index (χ2v) is 4.13. The summed E-state index contributed by atoms with van der Waals surface area (Å²) < 4.78 is 0. The quantitative estimate of drug-likeness (QED) is 0.652. The van der Waals surface area contributed by atoms with Crippen molar-refractivity contribution in [3.8, 4) is 0 Å². The molecule has 0 aliphatic rings. The van der Waals surface area contributed by atoms with Gasteiger partial charge in [0.15, 0.2) is 0 Å². The number of carbonyl (C=O) groups is 2. The maximum absolute atomic E-state index is 11.9. The van der Waals surface area contributed by atoms with Gasteiger partial charge in [-0.1, -0.05) is 13.8 Å². The van der Waals surface area contributed by atoms with Gasteiger partial charge in [-0.25, -0.2) is 0 Å². The molecule has 0 rings (SSSR count). The van der Waals surface area contributed by atoms with E-state index < -0.39 is 0 Å². The number of hydrogen-bond donors (Lipinski definition) is 0. The van der Waals surface area contributed by atoms with Gasteiger partial charge in [-0.15, -0.1) is 0 Å². The summed E-state index contributed by atoms with van der Waals surface area (Å²) >= 11 is 0. The van der Waals surface area contributed by atoms with Gasteiger partial charge in [-0.05, 0) is 26.7 Å². The molecule has 4 nitrogen and oxygen atoms in total. The number of amides is 2. The molecule has 0 radical (unpaired) electrons. The van der Waals surface area contributed by atoms with E-state index >= 15 is 0 Å². The molecule has 0 aliphatic carbocycles. The fourth-order valence-corrected chi connectivity index (χ4v) is 1.77. The van der Waals surface area contributed by atoms with Crippen LogP contribution in [-0.2, 0) is 9.59 Å². The lowest BCUT2D eigenvalue weighted by molar-refractivity contribution is -0.140. The molecule has 0 heterocycles. The molecule has 0 aromatic heterocycles. The van der Waals surface area contributed by atoms with E-state index in [0.29, 0.717) is 26.1 Å². The summed E-state index contributed by atoms with van der Waals surface area (Å²) in [6, 6.07) is 0. The van der Waals surface area contributed by atoms with Gasteiger partial charge in [0.1, 0.15) is 0 Å². The first kappa shape index (κ1) is 15.9. The third-order valence-corrected chi connectivity index (χ3v) is 2.75. The Hall–Kier alpha value is -1.06. The second-order valence-electron chi connectivity index (χ2n) is 4.13. The Balaban J connectivity index is 4.42. The van der Waals surface area contributed by atoms with E-state index in [2.05, 4.69) is 0 Å². The second kappa shape index (κ2) is 9.02. The van der Waals surface area contributed by atoms with Crippen molar-refractivity contribution in [2.75, 3.05) is 26.2 Å². The Labute approximate surface area is 105 Å². The summed E-state index contributed by atoms with van der Waals surface area (Å²) in [5.74, 6) is 0.141. The van der Waals surface area contributed by atoms with Crippen molar-refractivity contribution in [1.29, 1.82) is 0 Å². The van der Waals surface area contributed by atoms with E-state index in [0.717, 1.165) is 12.8 Å². The van der Waals surface area contributed by atoms with E-state index in [9.17, 15) is 9.59 Å². The van der Waals surface area contributed by atoms with Crippen LogP contribution in [0, 0.1) is 0 Å². The van der Waals surface area contributed by atoms with Crippen molar-refractivity contribution in [1.82, 2.24) is 9.80 Å². The van der Waals surface area contributed by atoms with E-state index in [1.165, 1.54) is 0 Å². The molecule has 0 unspecified atom stereocenters. The van der Waals surface area contributed by atoms with Crippen LogP contribution in [-0.4, -0.2) is 47.8 Å². The van der Waals surface area contributed by atoms with Crippen LogP contribution in [0.15, 0.2) is 0 Å². The number of nitrogens with zero attached hydrogens (tertiary/aromatic N) is 2. The summed E-state index contributed by atoms with van der Waals surface area (Å²) in [5, 5.41) is 0. The van der Waals surface area contributed by atoms with E-state index in [1.54, 1.807) is 9.80 Å². The molecule has 0 spiro atoms. The Morgan fingerprint density at radius 3 is 1.82 bits per heavy atom. The largest absolute Gasteiger partial charge is 0.342 e. The van der Waals surface area contributed by atoms with Crippen LogP contribution in [0.1, 0.15) is 47.0 Å². The fraction of sp³-hybridized carbons (Fsp3) is 0.846. The number of hydrogen-bond acceptors (Lipinski definition) is 2. The lowest BCUT2D eigenvalue weighted by Crippen LogP contribution is -2.43. The van der Waals surface area contributed by atoms with Crippen LogP contribution in [0.5, 0.6) is 0 Å². The molecule has 0 bridgehead atoms.